The minimum absolute atomic E-state index is 0.000480. The maximum Gasteiger partial charge on any atom is 0.243 e. The highest BCUT2D eigenvalue weighted by Crippen LogP contribution is 2.59. The molecule has 1 aromatic heterocycles. The van der Waals surface area contributed by atoms with Crippen LogP contribution >= 0.6 is 0 Å². The number of hydrogen-bond acceptors (Lipinski definition) is 2. The molecule has 0 spiro atoms. The van der Waals surface area contributed by atoms with Crippen molar-refractivity contribution in [1.29, 1.82) is 0 Å². The van der Waals surface area contributed by atoms with Crippen molar-refractivity contribution in [1.82, 2.24) is 10.3 Å². The van der Waals surface area contributed by atoms with E-state index in [1.165, 1.54) is 16.7 Å². The van der Waals surface area contributed by atoms with Crippen molar-refractivity contribution >= 4 is 5.91 Å². The average Bonchev–Trinajstić information content (AvgIpc) is 3.55. The highest BCUT2D eigenvalue weighted by atomic mass is 16.1. The van der Waals surface area contributed by atoms with E-state index in [9.17, 15) is 4.79 Å². The SMILES string of the molecule is Cc1ncccc1CCCCNC(=O)/C=C/[C@@H]1CC1(c1ccccc1)c1ccccc1. The lowest BCUT2D eigenvalue weighted by Crippen LogP contribution is -2.22. The zero-order valence-corrected chi connectivity index (χ0v) is 18.1. The number of carbonyl (C=O) groups is 1. The van der Waals surface area contributed by atoms with Crippen LogP contribution in [-0.2, 0) is 16.6 Å². The molecule has 0 unspecified atom stereocenters. The third kappa shape index (κ3) is 4.93. The number of carbonyl (C=O) groups excluding carboxylic acids is 1. The van der Waals surface area contributed by atoms with E-state index in [1.54, 1.807) is 6.08 Å². The molecule has 3 nitrogen and oxygen atoms in total. The first-order valence-electron chi connectivity index (χ1n) is 11.2. The number of nitrogens with one attached hydrogen (secondary N) is 1. The molecule has 0 aliphatic heterocycles. The Labute approximate surface area is 185 Å². The predicted octanol–water partition coefficient (Wildman–Crippen LogP) is 5.39. The summed E-state index contributed by atoms with van der Waals surface area (Å²) in [6.07, 6.45) is 9.70. The molecule has 1 saturated carbocycles. The first-order chi connectivity index (χ1) is 15.2. The van der Waals surface area contributed by atoms with Crippen LogP contribution in [-0.4, -0.2) is 17.4 Å². The second-order valence-corrected chi connectivity index (χ2v) is 8.37. The number of pyridine rings is 1. The minimum Gasteiger partial charge on any atom is -0.353 e. The molecule has 1 amide bonds. The van der Waals surface area contributed by atoms with Crippen LogP contribution in [0.4, 0.5) is 0 Å². The van der Waals surface area contributed by atoms with Crippen LogP contribution < -0.4 is 5.32 Å². The van der Waals surface area contributed by atoms with Gasteiger partial charge >= 0.3 is 0 Å². The number of benzene rings is 2. The molecule has 1 N–H and O–H groups in total. The maximum absolute atomic E-state index is 12.3. The average molecular weight is 411 g/mol. The van der Waals surface area contributed by atoms with Gasteiger partial charge in [-0.3, -0.25) is 9.78 Å². The fourth-order valence-electron chi connectivity index (χ4n) is 4.52. The summed E-state index contributed by atoms with van der Waals surface area (Å²) in [7, 11) is 0. The molecule has 1 atom stereocenters. The fourth-order valence-corrected chi connectivity index (χ4v) is 4.52. The van der Waals surface area contributed by atoms with E-state index in [1.807, 2.05) is 19.2 Å². The number of allylic oxidation sites excluding steroid dienone is 1. The van der Waals surface area contributed by atoms with Crippen molar-refractivity contribution in [3.05, 3.63) is 114 Å². The summed E-state index contributed by atoms with van der Waals surface area (Å²) in [4.78, 5) is 16.7. The Morgan fingerprint density at radius 3 is 2.32 bits per heavy atom. The summed E-state index contributed by atoms with van der Waals surface area (Å²) in [5, 5.41) is 3.03. The van der Waals surface area contributed by atoms with Crippen molar-refractivity contribution in [3.8, 4) is 0 Å². The molecule has 0 radical (unpaired) electrons. The molecular formula is C28H30N2O. The Kier molecular flexibility index (Phi) is 6.61. The lowest BCUT2D eigenvalue weighted by Gasteiger charge is -2.18. The van der Waals surface area contributed by atoms with E-state index in [4.69, 9.17) is 0 Å². The van der Waals surface area contributed by atoms with Gasteiger partial charge in [0.2, 0.25) is 5.91 Å². The topological polar surface area (TPSA) is 42.0 Å². The van der Waals surface area contributed by atoms with Crippen LogP contribution in [0.3, 0.4) is 0 Å². The molecule has 1 aliphatic rings. The molecule has 2 aromatic carbocycles. The van der Waals surface area contributed by atoms with Crippen molar-refractivity contribution in [2.24, 2.45) is 5.92 Å². The quantitative estimate of drug-likeness (QED) is 0.379. The normalized spacial score (nSPS) is 16.9. The first-order valence-corrected chi connectivity index (χ1v) is 11.2. The second-order valence-electron chi connectivity index (χ2n) is 8.37. The van der Waals surface area contributed by atoms with E-state index in [0.717, 1.165) is 31.4 Å². The summed E-state index contributed by atoms with van der Waals surface area (Å²) >= 11 is 0. The molecule has 0 saturated heterocycles. The third-order valence-electron chi connectivity index (χ3n) is 6.36. The van der Waals surface area contributed by atoms with Crippen molar-refractivity contribution < 1.29 is 4.79 Å². The summed E-state index contributed by atoms with van der Waals surface area (Å²) < 4.78 is 0. The zero-order chi connectivity index (χ0) is 21.5. The fraction of sp³-hybridized carbons (Fsp3) is 0.286. The van der Waals surface area contributed by atoms with Crippen LogP contribution in [0.25, 0.3) is 0 Å². The van der Waals surface area contributed by atoms with Crippen molar-refractivity contribution in [2.45, 2.75) is 38.0 Å². The molecule has 1 aliphatic carbocycles. The first kappa shape index (κ1) is 21.0. The van der Waals surface area contributed by atoms with E-state index in [2.05, 4.69) is 83.1 Å². The smallest absolute Gasteiger partial charge is 0.243 e. The number of hydrogen-bond donors (Lipinski definition) is 1. The summed E-state index contributed by atoms with van der Waals surface area (Å²) in [6.45, 7) is 2.75. The van der Waals surface area contributed by atoms with Gasteiger partial charge < -0.3 is 5.32 Å². The van der Waals surface area contributed by atoms with E-state index >= 15 is 0 Å². The lowest BCUT2D eigenvalue weighted by atomic mass is 9.85. The lowest BCUT2D eigenvalue weighted by molar-refractivity contribution is -0.116. The molecule has 3 heteroatoms. The molecule has 3 aromatic rings. The monoisotopic (exact) mass is 410 g/mol. The molecule has 0 bridgehead atoms. The maximum atomic E-state index is 12.3. The highest BCUT2D eigenvalue weighted by Gasteiger charge is 2.54. The summed E-state index contributed by atoms with van der Waals surface area (Å²) in [5.41, 5.74) is 5.02. The van der Waals surface area contributed by atoms with Gasteiger partial charge in [-0.05, 0) is 67.4 Å². The Morgan fingerprint density at radius 1 is 1.00 bits per heavy atom. The number of nitrogens with zero attached hydrogens (tertiary/aromatic N) is 1. The zero-order valence-electron chi connectivity index (χ0n) is 18.1. The Hall–Kier alpha value is -3.20. The van der Waals surface area contributed by atoms with Gasteiger partial charge in [-0.15, -0.1) is 0 Å². The van der Waals surface area contributed by atoms with Gasteiger partial charge in [0.15, 0.2) is 0 Å². The number of amides is 1. The van der Waals surface area contributed by atoms with Gasteiger partial charge in [-0.2, -0.15) is 0 Å². The van der Waals surface area contributed by atoms with Crippen LogP contribution in [0, 0.1) is 12.8 Å². The molecule has 158 valence electrons. The van der Waals surface area contributed by atoms with Gasteiger partial charge in [0.05, 0.1) is 0 Å². The molecule has 1 fully saturated rings. The molecule has 31 heavy (non-hydrogen) atoms. The summed E-state index contributed by atoms with van der Waals surface area (Å²) in [6, 6.07) is 25.4. The van der Waals surface area contributed by atoms with Gasteiger partial charge in [0.25, 0.3) is 0 Å². The van der Waals surface area contributed by atoms with Gasteiger partial charge in [0, 0.05) is 23.9 Å². The van der Waals surface area contributed by atoms with Crippen LogP contribution in [0.1, 0.15) is 41.6 Å². The van der Waals surface area contributed by atoms with E-state index in [0.29, 0.717) is 12.5 Å². The highest BCUT2D eigenvalue weighted by molar-refractivity contribution is 5.87. The van der Waals surface area contributed by atoms with Gasteiger partial charge in [0.1, 0.15) is 0 Å². The largest absolute Gasteiger partial charge is 0.353 e. The second kappa shape index (κ2) is 9.74. The Bertz CT molecular complexity index is 988. The van der Waals surface area contributed by atoms with Crippen LogP contribution in [0.2, 0.25) is 0 Å². The molecule has 4 rings (SSSR count). The molecular weight excluding hydrogens is 380 g/mol. The standard InChI is InChI=1S/C28H30N2O/c1-22-23(12-10-20-29-22)11-8-9-19-30-27(31)18-17-26-21-28(26,24-13-4-2-5-14-24)25-15-6-3-7-16-25/h2-7,10,12-18,20,26H,8-9,11,19,21H2,1H3,(H,30,31)/b18-17+/t26-/m1/s1. The van der Waals surface area contributed by atoms with Gasteiger partial charge in [-0.1, -0.05) is 72.8 Å². The van der Waals surface area contributed by atoms with E-state index in [-0.39, 0.29) is 11.3 Å². The van der Waals surface area contributed by atoms with Crippen molar-refractivity contribution in [3.63, 3.8) is 0 Å². The minimum atomic E-state index is -0.0130. The third-order valence-corrected chi connectivity index (χ3v) is 6.36. The summed E-state index contributed by atoms with van der Waals surface area (Å²) in [5.74, 6) is 0.344. The van der Waals surface area contributed by atoms with Crippen LogP contribution in [0.5, 0.6) is 0 Å². The number of unbranched alkanes of at least 4 members (excludes halogenated alkanes) is 1. The molecule has 1 heterocycles. The number of aromatic nitrogens is 1. The predicted molar refractivity (Wildman–Crippen MR) is 126 cm³/mol. The Morgan fingerprint density at radius 2 is 1.68 bits per heavy atom. The number of aryl methyl sites for hydroxylation is 2. The Balaban J connectivity index is 1.29. The van der Waals surface area contributed by atoms with Crippen molar-refractivity contribution in [2.75, 3.05) is 6.54 Å². The number of rotatable bonds is 9. The van der Waals surface area contributed by atoms with Gasteiger partial charge in [-0.25, -0.2) is 0 Å². The van der Waals surface area contributed by atoms with E-state index < -0.39 is 0 Å². The van der Waals surface area contributed by atoms with Crippen LogP contribution in [0.15, 0.2) is 91.1 Å².